The van der Waals surface area contributed by atoms with E-state index in [4.69, 9.17) is 4.74 Å². The number of hydrogen-bond acceptors (Lipinski definition) is 4. The molecule has 0 spiro atoms. The molecule has 0 saturated carbocycles. The van der Waals surface area contributed by atoms with Gasteiger partial charge in [0.15, 0.2) is 0 Å². The second-order valence-corrected chi connectivity index (χ2v) is 3.80. The van der Waals surface area contributed by atoms with Crippen LogP contribution < -0.4 is 0 Å². The molecule has 1 heterocycles. The number of carbonyl (C=O) groups excluding carboxylic acids is 3. The highest BCUT2D eigenvalue weighted by Crippen LogP contribution is 2.21. The number of hydrogen-bond donors (Lipinski definition) is 0. The van der Waals surface area contributed by atoms with E-state index in [2.05, 4.69) is 0 Å². The van der Waals surface area contributed by atoms with Crippen LogP contribution in [-0.2, 0) is 14.3 Å². The number of halogens is 3. The van der Waals surface area contributed by atoms with Crippen LogP contribution >= 0.6 is 0 Å². The molecule has 0 aromatic heterocycles. The van der Waals surface area contributed by atoms with Gasteiger partial charge in [0.05, 0.1) is 13.2 Å². The van der Waals surface area contributed by atoms with Crippen molar-refractivity contribution in [3.63, 3.8) is 0 Å². The second kappa shape index (κ2) is 6.00. The van der Waals surface area contributed by atoms with Crippen molar-refractivity contribution in [2.45, 2.75) is 19.5 Å². The van der Waals surface area contributed by atoms with Crippen LogP contribution in [0.5, 0.6) is 0 Å². The number of imide groups is 2. The number of urea groups is 1. The van der Waals surface area contributed by atoms with Crippen LogP contribution in [0, 0.1) is 0 Å². The Bertz CT molecular complexity index is 383. The first-order valence-corrected chi connectivity index (χ1v) is 5.55. The summed E-state index contributed by atoms with van der Waals surface area (Å²) in [7, 11) is 0. The molecular weight excluding hydrogens is 269 g/mol. The molecule has 1 rings (SSSR count). The Morgan fingerprint density at radius 2 is 1.74 bits per heavy atom. The molecule has 1 aliphatic heterocycles. The lowest BCUT2D eigenvalue weighted by atomic mass is 10.2. The monoisotopic (exact) mass is 282 g/mol. The fourth-order valence-corrected chi connectivity index (χ4v) is 1.53. The van der Waals surface area contributed by atoms with E-state index < -0.39 is 37.0 Å². The van der Waals surface area contributed by atoms with Gasteiger partial charge in [-0.15, -0.1) is 0 Å². The van der Waals surface area contributed by atoms with Gasteiger partial charge in [0, 0.05) is 6.61 Å². The second-order valence-electron chi connectivity index (χ2n) is 3.80. The van der Waals surface area contributed by atoms with Gasteiger partial charge in [0.1, 0.15) is 13.0 Å². The molecule has 0 radical (unpaired) electrons. The van der Waals surface area contributed by atoms with Gasteiger partial charge in [0.25, 0.3) is 0 Å². The third-order valence-electron chi connectivity index (χ3n) is 2.37. The third kappa shape index (κ3) is 4.19. The lowest BCUT2D eigenvalue weighted by Gasteiger charge is -2.32. The molecule has 0 atom stereocenters. The molecule has 0 aromatic carbocycles. The van der Waals surface area contributed by atoms with E-state index >= 15 is 0 Å². The quantitative estimate of drug-likeness (QED) is 0.551. The number of amides is 4. The van der Waals surface area contributed by atoms with E-state index in [1.165, 1.54) is 0 Å². The van der Waals surface area contributed by atoms with E-state index in [9.17, 15) is 27.6 Å². The maximum absolute atomic E-state index is 12.2. The fraction of sp³-hybridized carbons (Fsp3) is 0.700. The number of carbonyl (C=O) groups is 3. The highest BCUT2D eigenvalue weighted by atomic mass is 19.4. The van der Waals surface area contributed by atoms with E-state index in [1.54, 1.807) is 6.92 Å². The Morgan fingerprint density at radius 3 is 2.26 bits per heavy atom. The van der Waals surface area contributed by atoms with Crippen LogP contribution in [0.3, 0.4) is 0 Å². The van der Waals surface area contributed by atoms with Crippen molar-refractivity contribution in [2.75, 3.05) is 26.3 Å². The summed E-state index contributed by atoms with van der Waals surface area (Å²) in [4.78, 5) is 35.0. The fourth-order valence-electron chi connectivity index (χ4n) is 1.53. The van der Waals surface area contributed by atoms with Crippen molar-refractivity contribution >= 4 is 17.8 Å². The number of alkyl halides is 3. The first-order valence-electron chi connectivity index (χ1n) is 5.55. The lowest BCUT2D eigenvalue weighted by molar-refractivity contribution is -0.162. The molecule has 0 aromatic rings. The topological polar surface area (TPSA) is 66.9 Å². The van der Waals surface area contributed by atoms with Crippen molar-refractivity contribution in [3.8, 4) is 0 Å². The van der Waals surface area contributed by atoms with Gasteiger partial charge in [-0.3, -0.25) is 19.4 Å². The van der Waals surface area contributed by atoms with Crippen molar-refractivity contribution in [1.82, 2.24) is 9.80 Å². The standard InChI is InChI=1S/C10H13F3N2O4/c1-2-19-4-3-14-7(16)5-8(17)15(9(14)18)6-10(11,12)13/h2-6H2,1H3. The van der Waals surface area contributed by atoms with E-state index in [0.717, 1.165) is 0 Å². The largest absolute Gasteiger partial charge is 0.406 e. The number of barbiturate groups is 1. The predicted octanol–water partition coefficient (Wildman–Crippen LogP) is 0.766. The molecule has 0 unspecified atom stereocenters. The molecule has 1 fully saturated rings. The van der Waals surface area contributed by atoms with E-state index in [0.29, 0.717) is 11.5 Å². The minimum absolute atomic E-state index is 0.0159. The molecular formula is C10H13F3N2O4. The number of ether oxygens (including phenoxy) is 1. The van der Waals surface area contributed by atoms with Gasteiger partial charge in [-0.05, 0) is 6.92 Å². The van der Waals surface area contributed by atoms with Crippen LogP contribution in [-0.4, -0.2) is 60.1 Å². The van der Waals surface area contributed by atoms with E-state index in [-0.39, 0.29) is 18.1 Å². The Kier molecular flexibility index (Phi) is 4.87. The zero-order valence-electron chi connectivity index (χ0n) is 10.2. The SMILES string of the molecule is CCOCCN1C(=O)CC(=O)N(CC(F)(F)F)C1=O. The highest BCUT2D eigenvalue weighted by Gasteiger charge is 2.43. The van der Waals surface area contributed by atoms with Crippen molar-refractivity contribution in [2.24, 2.45) is 0 Å². The first-order chi connectivity index (χ1) is 8.76. The summed E-state index contributed by atoms with van der Waals surface area (Å²) < 4.78 is 41.7. The van der Waals surface area contributed by atoms with Crippen LogP contribution in [0.4, 0.5) is 18.0 Å². The summed E-state index contributed by atoms with van der Waals surface area (Å²) in [5, 5.41) is 0. The Labute approximate surface area is 107 Å². The molecule has 1 saturated heterocycles. The zero-order valence-corrected chi connectivity index (χ0v) is 10.2. The number of rotatable bonds is 5. The predicted molar refractivity (Wildman–Crippen MR) is 56.0 cm³/mol. The van der Waals surface area contributed by atoms with Gasteiger partial charge >= 0.3 is 12.2 Å². The molecule has 6 nitrogen and oxygen atoms in total. The Morgan fingerprint density at radius 1 is 1.16 bits per heavy atom. The van der Waals surface area contributed by atoms with Crippen molar-refractivity contribution < 1.29 is 32.3 Å². The highest BCUT2D eigenvalue weighted by molar-refractivity contribution is 6.14. The average Bonchev–Trinajstić information content (AvgIpc) is 2.28. The molecule has 0 aliphatic carbocycles. The first kappa shape index (κ1) is 15.4. The summed E-state index contributed by atoms with van der Waals surface area (Å²) in [6, 6.07) is -1.25. The molecule has 108 valence electrons. The van der Waals surface area contributed by atoms with Crippen molar-refractivity contribution in [3.05, 3.63) is 0 Å². The number of nitrogens with zero attached hydrogens (tertiary/aromatic N) is 2. The van der Waals surface area contributed by atoms with Gasteiger partial charge in [-0.2, -0.15) is 13.2 Å². The summed E-state index contributed by atoms with van der Waals surface area (Å²) in [5.74, 6) is -1.95. The molecule has 19 heavy (non-hydrogen) atoms. The van der Waals surface area contributed by atoms with Crippen LogP contribution in [0.1, 0.15) is 13.3 Å². The minimum atomic E-state index is -4.70. The van der Waals surface area contributed by atoms with Crippen LogP contribution in [0.15, 0.2) is 0 Å². The van der Waals surface area contributed by atoms with Gasteiger partial charge < -0.3 is 4.74 Å². The summed E-state index contributed by atoms with van der Waals surface area (Å²) in [6.45, 7) is 0.193. The average molecular weight is 282 g/mol. The smallest absolute Gasteiger partial charge is 0.380 e. The molecule has 9 heteroatoms. The summed E-state index contributed by atoms with van der Waals surface area (Å²) in [6.07, 6.45) is -5.44. The third-order valence-corrected chi connectivity index (χ3v) is 2.37. The summed E-state index contributed by atoms with van der Waals surface area (Å²) in [5.41, 5.74) is 0. The van der Waals surface area contributed by atoms with Crippen molar-refractivity contribution in [1.29, 1.82) is 0 Å². The van der Waals surface area contributed by atoms with Crippen LogP contribution in [0.25, 0.3) is 0 Å². The van der Waals surface area contributed by atoms with Gasteiger partial charge in [-0.1, -0.05) is 0 Å². The van der Waals surface area contributed by atoms with Gasteiger partial charge in [-0.25, -0.2) is 4.79 Å². The lowest BCUT2D eigenvalue weighted by Crippen LogP contribution is -2.57. The maximum Gasteiger partial charge on any atom is 0.406 e. The Hall–Kier alpha value is -1.64. The Balaban J connectivity index is 2.75. The van der Waals surface area contributed by atoms with E-state index in [1.807, 2.05) is 0 Å². The molecule has 0 N–H and O–H groups in total. The molecule has 0 bridgehead atoms. The van der Waals surface area contributed by atoms with Crippen LogP contribution in [0.2, 0.25) is 0 Å². The minimum Gasteiger partial charge on any atom is -0.380 e. The van der Waals surface area contributed by atoms with Gasteiger partial charge in [0.2, 0.25) is 11.8 Å². The summed E-state index contributed by atoms with van der Waals surface area (Å²) >= 11 is 0. The maximum atomic E-state index is 12.2. The zero-order chi connectivity index (χ0) is 14.6. The molecule has 1 aliphatic rings. The molecule has 4 amide bonds. The normalized spacial score (nSPS) is 17.4.